The highest BCUT2D eigenvalue weighted by Gasteiger charge is 2.19. The van der Waals surface area contributed by atoms with Crippen LogP contribution >= 0.6 is 0 Å². The van der Waals surface area contributed by atoms with Crippen LogP contribution in [0.2, 0.25) is 0 Å². The fourth-order valence-electron chi connectivity index (χ4n) is 5.66. The van der Waals surface area contributed by atoms with E-state index in [-0.39, 0.29) is 11.9 Å². The van der Waals surface area contributed by atoms with Crippen LogP contribution in [0.5, 0.6) is 0 Å². The van der Waals surface area contributed by atoms with Crippen molar-refractivity contribution in [1.29, 1.82) is 0 Å². The van der Waals surface area contributed by atoms with E-state index in [4.69, 9.17) is 4.74 Å². The predicted molar refractivity (Wildman–Crippen MR) is 170 cm³/mol. The molecule has 0 N–H and O–H groups in total. The summed E-state index contributed by atoms with van der Waals surface area (Å²) in [6.07, 6.45) is 39.7. The Kier molecular flexibility index (Phi) is 32.2. The number of carbonyl (C=O) groups excluding carboxylic acids is 1. The highest BCUT2D eigenvalue weighted by atomic mass is 16.5. The molecule has 0 aromatic heterocycles. The highest BCUT2D eigenvalue weighted by molar-refractivity contribution is 5.72. The lowest BCUT2D eigenvalue weighted by atomic mass is 9.94. The first kappa shape index (κ1) is 37.5. The summed E-state index contributed by atoms with van der Waals surface area (Å²) in [6, 6.07) is 0. The van der Waals surface area contributed by atoms with E-state index < -0.39 is 0 Å². The zero-order chi connectivity index (χ0) is 27.8. The lowest BCUT2D eigenvalue weighted by Crippen LogP contribution is -2.18. The average molecular weight is 537 g/mol. The Labute approximate surface area is 241 Å². The summed E-state index contributed by atoms with van der Waals surface area (Å²) < 4.78 is 5.77. The van der Waals surface area contributed by atoms with E-state index in [0.717, 1.165) is 19.3 Å². The minimum Gasteiger partial charge on any atom is -0.465 e. The maximum atomic E-state index is 12.8. The van der Waals surface area contributed by atoms with Gasteiger partial charge in [0.15, 0.2) is 0 Å². The van der Waals surface area contributed by atoms with Gasteiger partial charge in [0, 0.05) is 0 Å². The van der Waals surface area contributed by atoms with Crippen molar-refractivity contribution < 1.29 is 9.53 Å². The molecule has 0 aromatic rings. The largest absolute Gasteiger partial charge is 0.465 e. The van der Waals surface area contributed by atoms with Gasteiger partial charge in [0.05, 0.1) is 12.5 Å². The first-order chi connectivity index (χ1) is 18.8. The van der Waals surface area contributed by atoms with Gasteiger partial charge < -0.3 is 4.74 Å². The Balaban J connectivity index is 3.77. The van der Waals surface area contributed by atoms with Crippen molar-refractivity contribution in [1.82, 2.24) is 0 Å². The van der Waals surface area contributed by atoms with Crippen LogP contribution in [0.1, 0.15) is 213 Å². The number of hydrogen-bond donors (Lipinski definition) is 0. The van der Waals surface area contributed by atoms with Crippen LogP contribution in [0, 0.1) is 5.92 Å². The molecular weight excluding hydrogens is 464 g/mol. The van der Waals surface area contributed by atoms with E-state index in [0.29, 0.717) is 6.61 Å². The van der Waals surface area contributed by atoms with Crippen molar-refractivity contribution in [2.75, 3.05) is 6.61 Å². The average Bonchev–Trinajstić information content (AvgIpc) is 2.92. The second kappa shape index (κ2) is 32.7. The summed E-state index contributed by atoms with van der Waals surface area (Å²) in [4.78, 5) is 12.8. The molecule has 0 aromatic carbocycles. The quantitative estimate of drug-likeness (QED) is 0.0631. The van der Waals surface area contributed by atoms with Gasteiger partial charge in [-0.05, 0) is 19.3 Å². The molecule has 38 heavy (non-hydrogen) atoms. The third kappa shape index (κ3) is 28.5. The molecule has 0 radical (unpaired) electrons. The highest BCUT2D eigenvalue weighted by Crippen LogP contribution is 2.21. The minimum absolute atomic E-state index is 0.104. The summed E-state index contributed by atoms with van der Waals surface area (Å²) in [6.45, 7) is 7.47. The summed E-state index contributed by atoms with van der Waals surface area (Å²) >= 11 is 0. The Morgan fingerprint density at radius 1 is 0.395 bits per heavy atom. The first-order valence-electron chi connectivity index (χ1n) is 17.9. The fourth-order valence-corrected chi connectivity index (χ4v) is 5.66. The van der Waals surface area contributed by atoms with Crippen molar-refractivity contribution in [3.05, 3.63) is 0 Å². The smallest absolute Gasteiger partial charge is 0.308 e. The van der Waals surface area contributed by atoms with Crippen molar-refractivity contribution in [3.8, 4) is 0 Å². The van der Waals surface area contributed by atoms with E-state index in [9.17, 15) is 4.79 Å². The lowest BCUT2D eigenvalue weighted by Gasteiger charge is -2.16. The molecule has 1 unspecified atom stereocenters. The summed E-state index contributed by atoms with van der Waals surface area (Å²) in [5, 5.41) is 0. The third-order valence-corrected chi connectivity index (χ3v) is 8.39. The summed E-state index contributed by atoms with van der Waals surface area (Å²) in [5.41, 5.74) is 0. The standard InChI is InChI=1S/C36H72O2/c1-4-7-10-13-15-17-19-20-21-22-24-26-28-31-34-38-36(37)35(32-29-12-9-6-3)33-30-27-25-23-18-16-14-11-8-5-2/h35H,4-34H2,1-3H3. The molecule has 0 fully saturated rings. The Morgan fingerprint density at radius 2 is 0.658 bits per heavy atom. The number of rotatable bonds is 32. The van der Waals surface area contributed by atoms with E-state index in [2.05, 4.69) is 20.8 Å². The molecule has 0 heterocycles. The van der Waals surface area contributed by atoms with E-state index in [1.165, 1.54) is 173 Å². The molecule has 0 bridgehead atoms. The van der Waals surface area contributed by atoms with Crippen molar-refractivity contribution in [2.24, 2.45) is 5.92 Å². The van der Waals surface area contributed by atoms with Crippen molar-refractivity contribution >= 4 is 5.97 Å². The minimum atomic E-state index is 0.104. The molecule has 0 amide bonds. The lowest BCUT2D eigenvalue weighted by molar-refractivity contribution is -0.149. The third-order valence-electron chi connectivity index (χ3n) is 8.39. The topological polar surface area (TPSA) is 26.3 Å². The molecule has 228 valence electrons. The number of esters is 1. The molecule has 0 saturated heterocycles. The maximum Gasteiger partial charge on any atom is 0.308 e. The Hall–Kier alpha value is -0.530. The SMILES string of the molecule is CCCCCCCCCCCCCCCCOC(=O)C(CCCCCC)CCCCCCCCCCCC. The van der Waals surface area contributed by atoms with Gasteiger partial charge in [-0.2, -0.15) is 0 Å². The number of unbranched alkanes of at least 4 members (excludes halogenated alkanes) is 25. The van der Waals surface area contributed by atoms with Gasteiger partial charge in [-0.25, -0.2) is 0 Å². The summed E-state index contributed by atoms with van der Waals surface area (Å²) in [5.74, 6) is 0.250. The van der Waals surface area contributed by atoms with Gasteiger partial charge in [-0.15, -0.1) is 0 Å². The van der Waals surface area contributed by atoms with Gasteiger partial charge in [-0.3, -0.25) is 4.79 Å². The van der Waals surface area contributed by atoms with Crippen LogP contribution < -0.4 is 0 Å². The normalized spacial score (nSPS) is 12.2. The first-order valence-corrected chi connectivity index (χ1v) is 17.9. The second-order valence-corrected chi connectivity index (χ2v) is 12.3. The molecule has 2 nitrogen and oxygen atoms in total. The molecule has 1 atom stereocenters. The Bertz CT molecular complexity index is 447. The number of carbonyl (C=O) groups is 1. The zero-order valence-corrected chi connectivity index (χ0v) is 26.8. The second-order valence-electron chi connectivity index (χ2n) is 12.3. The number of ether oxygens (including phenoxy) is 1. The van der Waals surface area contributed by atoms with Gasteiger partial charge >= 0.3 is 5.97 Å². The van der Waals surface area contributed by atoms with Crippen LogP contribution in [0.4, 0.5) is 0 Å². The Morgan fingerprint density at radius 3 is 1.00 bits per heavy atom. The van der Waals surface area contributed by atoms with E-state index >= 15 is 0 Å². The van der Waals surface area contributed by atoms with Crippen molar-refractivity contribution in [2.45, 2.75) is 213 Å². The van der Waals surface area contributed by atoms with Crippen LogP contribution in [-0.2, 0) is 9.53 Å². The van der Waals surface area contributed by atoms with Crippen LogP contribution in [-0.4, -0.2) is 12.6 Å². The monoisotopic (exact) mass is 537 g/mol. The molecule has 2 heteroatoms. The summed E-state index contributed by atoms with van der Waals surface area (Å²) in [7, 11) is 0. The molecule has 0 rings (SSSR count). The van der Waals surface area contributed by atoms with Gasteiger partial charge in [0.1, 0.15) is 0 Å². The molecule has 0 saturated carbocycles. The molecule has 0 aliphatic carbocycles. The van der Waals surface area contributed by atoms with Crippen molar-refractivity contribution in [3.63, 3.8) is 0 Å². The molecule has 0 aliphatic heterocycles. The van der Waals surface area contributed by atoms with Gasteiger partial charge in [0.25, 0.3) is 0 Å². The zero-order valence-electron chi connectivity index (χ0n) is 26.8. The van der Waals surface area contributed by atoms with Gasteiger partial charge in [0.2, 0.25) is 0 Å². The molecule has 0 aliphatic rings. The van der Waals surface area contributed by atoms with E-state index in [1.54, 1.807) is 0 Å². The van der Waals surface area contributed by atoms with Gasteiger partial charge in [-0.1, -0.05) is 194 Å². The van der Waals surface area contributed by atoms with Crippen LogP contribution in [0.15, 0.2) is 0 Å². The predicted octanol–water partition coefficient (Wildman–Crippen LogP) is 12.9. The van der Waals surface area contributed by atoms with E-state index in [1.807, 2.05) is 0 Å². The van der Waals surface area contributed by atoms with Crippen LogP contribution in [0.25, 0.3) is 0 Å². The molecular formula is C36H72O2. The fraction of sp³-hybridized carbons (Fsp3) is 0.972. The number of hydrogen-bond acceptors (Lipinski definition) is 2. The molecule has 0 spiro atoms. The maximum absolute atomic E-state index is 12.8. The van der Waals surface area contributed by atoms with Crippen LogP contribution in [0.3, 0.4) is 0 Å².